The van der Waals surface area contributed by atoms with Crippen molar-refractivity contribution in [3.63, 3.8) is 0 Å². The van der Waals surface area contributed by atoms with Gasteiger partial charge in [-0.15, -0.1) is 0 Å². The van der Waals surface area contributed by atoms with Gasteiger partial charge in [-0.05, 0) is 24.8 Å². The fourth-order valence-electron chi connectivity index (χ4n) is 2.50. The maximum Gasteiger partial charge on any atom is 0.258 e. The number of rotatable bonds is 3. The molecule has 90 valence electrons. The Balaban J connectivity index is 1.98. The van der Waals surface area contributed by atoms with Gasteiger partial charge in [-0.25, -0.2) is 4.98 Å². The van der Waals surface area contributed by atoms with Gasteiger partial charge in [0.2, 0.25) is 0 Å². The van der Waals surface area contributed by atoms with Gasteiger partial charge in [0.1, 0.15) is 5.88 Å². The summed E-state index contributed by atoms with van der Waals surface area (Å²) in [5.41, 5.74) is 0.733. The van der Waals surface area contributed by atoms with Crippen molar-refractivity contribution in [1.29, 1.82) is 0 Å². The van der Waals surface area contributed by atoms with E-state index in [9.17, 15) is 9.90 Å². The Bertz CT molecular complexity index is 452. The summed E-state index contributed by atoms with van der Waals surface area (Å²) >= 11 is 0. The second kappa shape index (κ2) is 3.70. The summed E-state index contributed by atoms with van der Waals surface area (Å²) in [4.78, 5) is 14.5. The van der Waals surface area contributed by atoms with E-state index in [0.29, 0.717) is 19.1 Å². The van der Waals surface area contributed by atoms with Crippen LogP contribution in [0.25, 0.3) is 0 Å². The first-order chi connectivity index (χ1) is 8.22. The molecule has 1 saturated heterocycles. The van der Waals surface area contributed by atoms with Crippen molar-refractivity contribution in [2.45, 2.75) is 18.3 Å². The Labute approximate surface area is 98.4 Å². The first-order valence-electron chi connectivity index (χ1n) is 5.64. The Morgan fingerprint density at radius 3 is 2.82 bits per heavy atom. The molecule has 1 aliphatic heterocycles. The zero-order chi connectivity index (χ0) is 11.9. The molecule has 0 atom stereocenters. The van der Waals surface area contributed by atoms with Crippen LogP contribution in [0.15, 0.2) is 18.3 Å². The number of hydrogen-bond donors (Lipinski definition) is 0. The van der Waals surface area contributed by atoms with E-state index < -0.39 is 6.16 Å². The van der Waals surface area contributed by atoms with Crippen molar-refractivity contribution >= 4 is 6.16 Å². The molecule has 0 aromatic carbocycles. The summed E-state index contributed by atoms with van der Waals surface area (Å²) in [6.45, 7) is 1.24. The molecule has 0 N–H and O–H groups in total. The Kier molecular flexibility index (Phi) is 2.29. The van der Waals surface area contributed by atoms with Gasteiger partial charge in [-0.3, -0.25) is 0 Å². The third kappa shape index (κ3) is 1.67. The molecule has 0 bridgehead atoms. The fraction of sp³-hybridized carbons (Fsp3) is 0.500. The highest BCUT2D eigenvalue weighted by molar-refractivity contribution is 5.59. The number of carbonyl (C=O) groups excluding carboxylic acids is 1. The van der Waals surface area contributed by atoms with Crippen LogP contribution >= 0.6 is 0 Å². The first kappa shape index (κ1) is 10.5. The molecule has 1 saturated carbocycles. The number of ether oxygens (including phenoxy) is 2. The number of nitrogens with zero attached hydrogens (tertiary/aromatic N) is 1. The average molecular weight is 234 g/mol. The summed E-state index contributed by atoms with van der Waals surface area (Å²) in [5.74, 6) is 0.701. The maximum absolute atomic E-state index is 10.5. The van der Waals surface area contributed by atoms with E-state index in [0.717, 1.165) is 18.4 Å². The van der Waals surface area contributed by atoms with Crippen LogP contribution in [0.5, 0.6) is 5.88 Å². The van der Waals surface area contributed by atoms with Crippen LogP contribution in [-0.4, -0.2) is 24.4 Å². The summed E-state index contributed by atoms with van der Waals surface area (Å²) in [7, 11) is 0. The lowest BCUT2D eigenvalue weighted by Gasteiger charge is -2.43. The SMILES string of the molecule is O=C([O-])Oc1ncccc1C1(C2CC2)COC1. The molecule has 5 nitrogen and oxygen atoms in total. The number of pyridine rings is 1. The van der Waals surface area contributed by atoms with Crippen LogP contribution in [-0.2, 0) is 10.2 Å². The van der Waals surface area contributed by atoms with E-state index in [1.165, 1.54) is 6.20 Å². The van der Waals surface area contributed by atoms with E-state index >= 15 is 0 Å². The van der Waals surface area contributed by atoms with Crippen LogP contribution in [0, 0.1) is 5.92 Å². The molecule has 1 aromatic heterocycles. The molecular weight excluding hydrogens is 222 g/mol. The van der Waals surface area contributed by atoms with Crippen LogP contribution in [0.1, 0.15) is 18.4 Å². The molecule has 2 aliphatic rings. The molecule has 3 rings (SSSR count). The Morgan fingerprint density at radius 2 is 2.29 bits per heavy atom. The quantitative estimate of drug-likeness (QED) is 0.711. The van der Waals surface area contributed by atoms with Crippen LogP contribution in [0.2, 0.25) is 0 Å². The molecule has 0 radical (unpaired) electrons. The van der Waals surface area contributed by atoms with Crippen molar-refractivity contribution in [2.75, 3.05) is 13.2 Å². The summed E-state index contributed by atoms with van der Waals surface area (Å²) in [6, 6.07) is 3.66. The Hall–Kier alpha value is -1.62. The highest BCUT2D eigenvalue weighted by atomic mass is 16.7. The zero-order valence-corrected chi connectivity index (χ0v) is 9.22. The lowest BCUT2D eigenvalue weighted by molar-refractivity contribution is -0.271. The molecule has 1 aromatic rings. The fourth-order valence-corrected chi connectivity index (χ4v) is 2.50. The molecule has 17 heavy (non-hydrogen) atoms. The third-order valence-electron chi connectivity index (χ3n) is 3.57. The molecule has 2 fully saturated rings. The minimum Gasteiger partial charge on any atom is -0.496 e. The van der Waals surface area contributed by atoms with Crippen LogP contribution in [0.4, 0.5) is 4.79 Å². The maximum atomic E-state index is 10.5. The minimum atomic E-state index is -1.57. The second-order valence-corrected chi connectivity index (χ2v) is 4.63. The lowest BCUT2D eigenvalue weighted by atomic mass is 9.74. The van der Waals surface area contributed by atoms with Crippen LogP contribution in [0.3, 0.4) is 0 Å². The predicted octanol–water partition coefficient (Wildman–Crippen LogP) is 0.482. The van der Waals surface area contributed by atoms with E-state index in [4.69, 9.17) is 4.74 Å². The van der Waals surface area contributed by atoms with E-state index in [1.807, 2.05) is 6.07 Å². The first-order valence-corrected chi connectivity index (χ1v) is 5.64. The minimum absolute atomic E-state index is 0.0982. The summed E-state index contributed by atoms with van der Waals surface area (Å²) in [5, 5.41) is 10.5. The predicted molar refractivity (Wildman–Crippen MR) is 55.5 cm³/mol. The molecule has 0 spiro atoms. The van der Waals surface area contributed by atoms with Crippen molar-refractivity contribution in [3.05, 3.63) is 23.9 Å². The highest BCUT2D eigenvalue weighted by Gasteiger charge is 2.52. The van der Waals surface area contributed by atoms with Gasteiger partial charge < -0.3 is 19.4 Å². The topological polar surface area (TPSA) is 71.5 Å². The van der Waals surface area contributed by atoms with Gasteiger partial charge in [0.05, 0.1) is 13.2 Å². The van der Waals surface area contributed by atoms with E-state index in [-0.39, 0.29) is 11.3 Å². The molecule has 2 heterocycles. The number of hydrogen-bond acceptors (Lipinski definition) is 5. The van der Waals surface area contributed by atoms with Crippen molar-refractivity contribution in [2.24, 2.45) is 5.92 Å². The lowest BCUT2D eigenvalue weighted by Crippen LogP contribution is -2.49. The van der Waals surface area contributed by atoms with E-state index in [1.54, 1.807) is 6.07 Å². The molecular formula is C12H12NO4-. The van der Waals surface area contributed by atoms with Gasteiger partial charge in [0, 0.05) is 17.2 Å². The van der Waals surface area contributed by atoms with Gasteiger partial charge >= 0.3 is 0 Å². The number of aromatic nitrogens is 1. The van der Waals surface area contributed by atoms with Crippen molar-refractivity contribution in [3.8, 4) is 5.88 Å². The average Bonchev–Trinajstić information content (AvgIpc) is 3.02. The van der Waals surface area contributed by atoms with E-state index in [2.05, 4.69) is 9.72 Å². The second-order valence-electron chi connectivity index (χ2n) is 4.63. The standard InChI is InChI=1S/C12H13NO4/c14-11(15)17-10-9(2-1-5-13-10)12(6-16-7-12)8-3-4-8/h1-2,5,8H,3-4,6-7H2,(H,14,15)/p-1. The van der Waals surface area contributed by atoms with Crippen molar-refractivity contribution < 1.29 is 19.4 Å². The molecule has 5 heteroatoms. The molecule has 1 aliphatic carbocycles. The van der Waals surface area contributed by atoms with Gasteiger partial charge in [-0.1, -0.05) is 6.07 Å². The summed E-state index contributed by atoms with van der Waals surface area (Å²) in [6.07, 6.45) is 2.25. The van der Waals surface area contributed by atoms with Gasteiger partial charge in [-0.2, -0.15) is 0 Å². The zero-order valence-electron chi connectivity index (χ0n) is 9.22. The number of carboxylic acid groups (broad SMARTS) is 1. The van der Waals surface area contributed by atoms with Crippen molar-refractivity contribution in [1.82, 2.24) is 4.98 Å². The smallest absolute Gasteiger partial charge is 0.258 e. The third-order valence-corrected chi connectivity index (χ3v) is 3.57. The largest absolute Gasteiger partial charge is 0.496 e. The van der Waals surface area contributed by atoms with Gasteiger partial charge in [0.25, 0.3) is 6.16 Å². The monoisotopic (exact) mass is 234 g/mol. The normalized spacial score (nSPS) is 21.6. The summed E-state index contributed by atoms with van der Waals surface area (Å²) < 4.78 is 9.95. The Morgan fingerprint density at radius 1 is 1.53 bits per heavy atom. The molecule has 0 amide bonds. The highest BCUT2D eigenvalue weighted by Crippen LogP contribution is 2.53. The van der Waals surface area contributed by atoms with Gasteiger partial charge in [0.15, 0.2) is 0 Å². The number of carbonyl (C=O) groups is 1. The molecule has 0 unspecified atom stereocenters. The van der Waals surface area contributed by atoms with Crippen LogP contribution < -0.4 is 9.84 Å².